The second-order valence-corrected chi connectivity index (χ2v) is 7.24. The lowest BCUT2D eigenvalue weighted by atomic mass is 10.1. The summed E-state index contributed by atoms with van der Waals surface area (Å²) in [4.78, 5) is 11.3. The van der Waals surface area contributed by atoms with Gasteiger partial charge in [0, 0.05) is 16.8 Å². The molecule has 4 aromatic rings. The quantitative estimate of drug-likeness (QED) is 0.511. The summed E-state index contributed by atoms with van der Waals surface area (Å²) >= 11 is 8.15. The summed E-state index contributed by atoms with van der Waals surface area (Å²) in [6, 6.07) is 3.85. The molecule has 0 radical (unpaired) electrons. The fourth-order valence-corrected chi connectivity index (χ4v) is 4.51. The number of nitrogens with one attached hydrogen (secondary N) is 3. The van der Waals surface area contributed by atoms with Crippen molar-refractivity contribution in [3.63, 3.8) is 0 Å². The minimum absolute atomic E-state index is 0.629. The van der Waals surface area contributed by atoms with Crippen LogP contribution in [0.25, 0.3) is 21.1 Å². The molecular formula is C16H13ClN6S. The summed E-state index contributed by atoms with van der Waals surface area (Å²) in [5.74, 6) is 0.809. The number of rotatable bonds is 2. The van der Waals surface area contributed by atoms with E-state index in [1.54, 1.807) is 23.9 Å². The normalized spacial score (nSPS) is 14.2. The largest absolute Gasteiger partial charge is 0.338 e. The molecule has 0 bridgehead atoms. The lowest BCUT2D eigenvalue weighted by Crippen LogP contribution is -2.22. The van der Waals surface area contributed by atoms with Crippen molar-refractivity contribution < 1.29 is 0 Å². The van der Waals surface area contributed by atoms with Gasteiger partial charge in [-0.3, -0.25) is 5.10 Å². The van der Waals surface area contributed by atoms with Crippen molar-refractivity contribution in [2.75, 3.05) is 11.9 Å². The number of fused-ring (bicyclic) bond motifs is 4. The van der Waals surface area contributed by atoms with E-state index in [2.05, 4.69) is 30.8 Å². The van der Waals surface area contributed by atoms with Crippen LogP contribution in [0.15, 0.2) is 24.7 Å². The summed E-state index contributed by atoms with van der Waals surface area (Å²) in [5, 5.41) is 16.5. The molecule has 24 heavy (non-hydrogen) atoms. The maximum Gasteiger partial charge on any atom is 0.142 e. The average molecular weight is 357 g/mol. The second kappa shape index (κ2) is 5.41. The molecule has 1 aromatic carbocycles. The van der Waals surface area contributed by atoms with Crippen molar-refractivity contribution in [1.29, 1.82) is 0 Å². The number of H-pyrrole nitrogens is 1. The molecule has 0 saturated heterocycles. The Labute approximate surface area is 146 Å². The molecule has 4 heterocycles. The van der Waals surface area contributed by atoms with Gasteiger partial charge in [0.2, 0.25) is 0 Å². The number of hydrogen-bond donors (Lipinski definition) is 3. The molecule has 8 heteroatoms. The van der Waals surface area contributed by atoms with Gasteiger partial charge in [-0.15, -0.1) is 11.3 Å². The van der Waals surface area contributed by atoms with Crippen LogP contribution in [0.2, 0.25) is 5.02 Å². The minimum atomic E-state index is 0.629. The molecule has 120 valence electrons. The minimum Gasteiger partial charge on any atom is -0.338 e. The van der Waals surface area contributed by atoms with Gasteiger partial charge in [0.05, 0.1) is 27.8 Å². The highest BCUT2D eigenvalue weighted by Gasteiger charge is 2.20. The van der Waals surface area contributed by atoms with Crippen molar-refractivity contribution in [1.82, 2.24) is 25.5 Å². The number of thiophene rings is 1. The molecule has 0 unspecified atom stereocenters. The maximum atomic E-state index is 6.42. The summed E-state index contributed by atoms with van der Waals surface area (Å²) < 4.78 is 0. The number of nitrogens with zero attached hydrogens (tertiary/aromatic N) is 3. The summed E-state index contributed by atoms with van der Waals surface area (Å²) in [7, 11) is 0. The van der Waals surface area contributed by atoms with E-state index in [0.29, 0.717) is 5.02 Å². The number of aromatic nitrogens is 4. The fraction of sp³-hybridized carbons (Fsp3) is 0.188. The third kappa shape index (κ3) is 2.16. The van der Waals surface area contributed by atoms with Gasteiger partial charge < -0.3 is 10.6 Å². The highest BCUT2D eigenvalue weighted by molar-refractivity contribution is 7.19. The van der Waals surface area contributed by atoms with Crippen LogP contribution >= 0.6 is 22.9 Å². The third-order valence-corrected chi connectivity index (χ3v) is 5.74. The number of aromatic amines is 1. The van der Waals surface area contributed by atoms with Crippen LogP contribution in [0.1, 0.15) is 10.4 Å². The molecular weight excluding hydrogens is 344 g/mol. The summed E-state index contributed by atoms with van der Waals surface area (Å²) in [6.07, 6.45) is 4.38. The Morgan fingerprint density at radius 2 is 2.21 bits per heavy atom. The van der Waals surface area contributed by atoms with E-state index < -0.39 is 0 Å². The zero-order valence-electron chi connectivity index (χ0n) is 12.6. The molecule has 3 N–H and O–H groups in total. The van der Waals surface area contributed by atoms with Gasteiger partial charge >= 0.3 is 0 Å². The van der Waals surface area contributed by atoms with Crippen molar-refractivity contribution in [3.8, 4) is 0 Å². The van der Waals surface area contributed by atoms with Gasteiger partial charge in [0.15, 0.2) is 0 Å². The lowest BCUT2D eigenvalue weighted by molar-refractivity contribution is 0.657. The summed E-state index contributed by atoms with van der Waals surface area (Å²) in [6.45, 7) is 1.88. The predicted octanol–water partition coefficient (Wildman–Crippen LogP) is 3.61. The summed E-state index contributed by atoms with van der Waals surface area (Å²) in [5.41, 5.74) is 3.08. The van der Waals surface area contributed by atoms with Gasteiger partial charge in [0.1, 0.15) is 17.0 Å². The van der Waals surface area contributed by atoms with Crippen molar-refractivity contribution in [2.24, 2.45) is 0 Å². The molecule has 6 nitrogen and oxygen atoms in total. The third-order valence-electron chi connectivity index (χ3n) is 4.29. The van der Waals surface area contributed by atoms with Crippen molar-refractivity contribution in [2.45, 2.75) is 13.0 Å². The van der Waals surface area contributed by atoms with Crippen molar-refractivity contribution in [3.05, 3.63) is 40.1 Å². The van der Waals surface area contributed by atoms with E-state index >= 15 is 0 Å². The van der Waals surface area contributed by atoms with E-state index in [9.17, 15) is 0 Å². The van der Waals surface area contributed by atoms with Gasteiger partial charge in [-0.1, -0.05) is 11.6 Å². The van der Waals surface area contributed by atoms with E-state index in [1.807, 2.05) is 12.1 Å². The van der Waals surface area contributed by atoms with E-state index in [0.717, 1.165) is 52.1 Å². The van der Waals surface area contributed by atoms with Gasteiger partial charge in [-0.25, -0.2) is 9.97 Å². The maximum absolute atomic E-state index is 6.42. The van der Waals surface area contributed by atoms with Gasteiger partial charge in [0.25, 0.3) is 0 Å². The topological polar surface area (TPSA) is 78.5 Å². The Bertz CT molecular complexity index is 1070. The molecule has 0 atom stereocenters. The Balaban J connectivity index is 1.65. The van der Waals surface area contributed by atoms with Crippen LogP contribution in [0, 0.1) is 0 Å². The second-order valence-electron chi connectivity index (χ2n) is 5.75. The molecule has 0 saturated carbocycles. The van der Waals surface area contributed by atoms with E-state index in [1.165, 1.54) is 10.4 Å². The Morgan fingerprint density at radius 3 is 3.17 bits per heavy atom. The van der Waals surface area contributed by atoms with Crippen LogP contribution < -0.4 is 10.6 Å². The molecule has 1 aliphatic rings. The Hall–Kier alpha value is -2.22. The van der Waals surface area contributed by atoms with E-state index in [4.69, 9.17) is 11.6 Å². The first-order chi connectivity index (χ1) is 11.8. The zero-order chi connectivity index (χ0) is 16.1. The van der Waals surface area contributed by atoms with Crippen molar-refractivity contribution >= 4 is 55.6 Å². The van der Waals surface area contributed by atoms with Crippen LogP contribution in [-0.2, 0) is 13.0 Å². The lowest BCUT2D eigenvalue weighted by Gasteiger charge is -2.14. The van der Waals surface area contributed by atoms with Crippen LogP contribution in [0.4, 0.5) is 11.5 Å². The first-order valence-corrected chi connectivity index (χ1v) is 8.84. The molecule has 5 rings (SSSR count). The Kier molecular flexibility index (Phi) is 3.19. The molecule has 1 aliphatic heterocycles. The standard InChI is InChI=1S/C16H13ClN6S/c17-10-4-11-8(5-21-23-11)3-12(10)22-15-14-9-1-2-18-6-13(9)24-16(14)20-7-19-15/h3-5,7,18H,1-2,6H2,(H,21,23)(H,19,20,22). The molecule has 3 aromatic heterocycles. The SMILES string of the molecule is Clc1cc2[nH]ncc2cc1Nc1ncnc2sc3c(c12)CCNC3. The van der Waals surface area contributed by atoms with Crippen LogP contribution in [0.5, 0.6) is 0 Å². The van der Waals surface area contributed by atoms with Gasteiger partial charge in [-0.2, -0.15) is 5.10 Å². The number of anilines is 2. The molecule has 0 aliphatic carbocycles. The van der Waals surface area contributed by atoms with E-state index in [-0.39, 0.29) is 0 Å². The molecule has 0 fully saturated rings. The number of benzene rings is 1. The number of hydrogen-bond acceptors (Lipinski definition) is 6. The highest BCUT2D eigenvalue weighted by Crippen LogP contribution is 2.37. The smallest absolute Gasteiger partial charge is 0.142 e. The zero-order valence-corrected chi connectivity index (χ0v) is 14.1. The average Bonchev–Trinajstić information content (AvgIpc) is 3.19. The highest BCUT2D eigenvalue weighted by atomic mass is 35.5. The Morgan fingerprint density at radius 1 is 1.25 bits per heavy atom. The molecule has 0 amide bonds. The van der Waals surface area contributed by atoms with Crippen LogP contribution in [0.3, 0.4) is 0 Å². The molecule has 0 spiro atoms. The first-order valence-electron chi connectivity index (χ1n) is 7.65. The van der Waals surface area contributed by atoms with Crippen LogP contribution in [-0.4, -0.2) is 26.7 Å². The monoisotopic (exact) mass is 356 g/mol. The fourth-order valence-electron chi connectivity index (χ4n) is 3.14. The van der Waals surface area contributed by atoms with Gasteiger partial charge in [-0.05, 0) is 30.7 Å². The first kappa shape index (κ1) is 14.2. The predicted molar refractivity (Wildman–Crippen MR) is 97.2 cm³/mol. The number of halogens is 1.